The first kappa shape index (κ1) is 10.7. The second-order valence-electron chi connectivity index (χ2n) is 3.55. The Morgan fingerprint density at radius 3 is 2.92 bits per heavy atom. The van der Waals surface area contributed by atoms with Gasteiger partial charge in [0.2, 0.25) is 0 Å². The van der Waals surface area contributed by atoms with Crippen LogP contribution in [-0.4, -0.2) is 10.1 Å². The zero-order chi connectivity index (χ0) is 9.68. The minimum absolute atomic E-state index is 0.311. The molecule has 0 aliphatic heterocycles. The molecule has 0 radical (unpaired) electrons. The van der Waals surface area contributed by atoms with Crippen molar-refractivity contribution in [3.63, 3.8) is 0 Å². The molecule has 0 spiro atoms. The van der Waals surface area contributed by atoms with Gasteiger partial charge in [-0.1, -0.05) is 26.7 Å². The molecule has 0 bridgehead atoms. The number of rotatable bonds is 5. The van der Waals surface area contributed by atoms with Gasteiger partial charge in [0.1, 0.15) is 0 Å². The van der Waals surface area contributed by atoms with Crippen molar-refractivity contribution in [2.24, 2.45) is 5.92 Å². The summed E-state index contributed by atoms with van der Waals surface area (Å²) < 4.78 is 0. The fourth-order valence-electron chi connectivity index (χ4n) is 1.50. The molecule has 2 unspecified atom stereocenters. The minimum Gasteiger partial charge on any atom is -0.388 e. The molecular formula is C10H17NOS. The topological polar surface area (TPSA) is 33.1 Å². The number of aliphatic hydroxyl groups excluding tert-OH is 1. The molecule has 0 fully saturated rings. The molecule has 0 saturated carbocycles. The van der Waals surface area contributed by atoms with Crippen LogP contribution in [0.2, 0.25) is 0 Å². The third kappa shape index (κ3) is 3.44. The van der Waals surface area contributed by atoms with E-state index >= 15 is 0 Å². The molecule has 0 aliphatic rings. The number of aliphatic hydroxyl groups is 1. The van der Waals surface area contributed by atoms with Gasteiger partial charge in [-0.05, 0) is 12.3 Å². The van der Waals surface area contributed by atoms with Crippen molar-refractivity contribution < 1.29 is 5.11 Å². The van der Waals surface area contributed by atoms with Crippen molar-refractivity contribution in [2.45, 2.75) is 39.2 Å². The van der Waals surface area contributed by atoms with Crippen molar-refractivity contribution in [3.8, 4) is 0 Å². The number of hydrogen-bond acceptors (Lipinski definition) is 3. The van der Waals surface area contributed by atoms with Crippen LogP contribution in [0.1, 0.15) is 44.1 Å². The Hall–Kier alpha value is -0.410. The quantitative estimate of drug-likeness (QED) is 0.790. The monoisotopic (exact) mass is 199 g/mol. The molecule has 1 rings (SSSR count). The summed E-state index contributed by atoms with van der Waals surface area (Å²) in [5, 5.41) is 9.78. The Balaban J connectivity index is 2.37. The van der Waals surface area contributed by atoms with Crippen LogP contribution in [0.15, 0.2) is 11.7 Å². The van der Waals surface area contributed by atoms with Crippen molar-refractivity contribution in [2.75, 3.05) is 0 Å². The highest BCUT2D eigenvalue weighted by molar-refractivity contribution is 7.09. The second-order valence-corrected chi connectivity index (χ2v) is 4.47. The number of nitrogens with zero attached hydrogens (tertiary/aromatic N) is 1. The van der Waals surface area contributed by atoms with Gasteiger partial charge >= 0.3 is 0 Å². The Labute approximate surface area is 83.6 Å². The molecule has 3 heteroatoms. The molecule has 13 heavy (non-hydrogen) atoms. The number of hydrogen-bond donors (Lipinski definition) is 1. The van der Waals surface area contributed by atoms with E-state index in [1.807, 2.05) is 0 Å². The average molecular weight is 199 g/mol. The highest BCUT2D eigenvalue weighted by Gasteiger charge is 2.12. The van der Waals surface area contributed by atoms with E-state index in [0.717, 1.165) is 11.3 Å². The fraction of sp³-hybridized carbons (Fsp3) is 0.700. The minimum atomic E-state index is -0.311. The lowest BCUT2D eigenvalue weighted by Gasteiger charge is -2.13. The maximum absolute atomic E-state index is 9.78. The SMILES string of the molecule is CCCC(C)CC(O)c1cncs1. The summed E-state index contributed by atoms with van der Waals surface area (Å²) >= 11 is 1.53. The van der Waals surface area contributed by atoms with E-state index < -0.39 is 0 Å². The van der Waals surface area contributed by atoms with E-state index in [1.165, 1.54) is 24.2 Å². The smallest absolute Gasteiger partial charge is 0.0900 e. The van der Waals surface area contributed by atoms with Crippen LogP contribution in [0, 0.1) is 5.92 Å². The molecule has 2 atom stereocenters. The first-order chi connectivity index (χ1) is 6.24. The molecule has 0 aromatic carbocycles. The van der Waals surface area contributed by atoms with E-state index in [4.69, 9.17) is 0 Å². The van der Waals surface area contributed by atoms with E-state index in [-0.39, 0.29) is 6.10 Å². The fourth-order valence-corrected chi connectivity index (χ4v) is 2.12. The number of thiazole rings is 1. The van der Waals surface area contributed by atoms with E-state index in [2.05, 4.69) is 18.8 Å². The van der Waals surface area contributed by atoms with Gasteiger partial charge in [0.25, 0.3) is 0 Å². The third-order valence-electron chi connectivity index (χ3n) is 2.19. The summed E-state index contributed by atoms with van der Waals surface area (Å²) in [6.45, 7) is 4.36. The summed E-state index contributed by atoms with van der Waals surface area (Å²) in [5.74, 6) is 0.599. The summed E-state index contributed by atoms with van der Waals surface area (Å²) in [7, 11) is 0. The maximum atomic E-state index is 9.78. The molecule has 2 nitrogen and oxygen atoms in total. The Kier molecular flexibility index (Phi) is 4.39. The predicted octanol–water partition coefficient (Wildman–Crippen LogP) is 3.00. The second kappa shape index (κ2) is 5.35. The summed E-state index contributed by atoms with van der Waals surface area (Å²) in [5.41, 5.74) is 1.77. The van der Waals surface area contributed by atoms with Gasteiger partial charge in [-0.3, -0.25) is 4.98 Å². The van der Waals surface area contributed by atoms with Crippen molar-refractivity contribution >= 4 is 11.3 Å². The first-order valence-electron chi connectivity index (χ1n) is 4.80. The van der Waals surface area contributed by atoms with Gasteiger partial charge in [-0.15, -0.1) is 11.3 Å². The third-order valence-corrected chi connectivity index (χ3v) is 3.06. The van der Waals surface area contributed by atoms with Crippen LogP contribution in [0.4, 0.5) is 0 Å². The molecule has 1 heterocycles. The largest absolute Gasteiger partial charge is 0.388 e. The Morgan fingerprint density at radius 2 is 2.38 bits per heavy atom. The van der Waals surface area contributed by atoms with Crippen molar-refractivity contribution in [1.29, 1.82) is 0 Å². The van der Waals surface area contributed by atoms with Gasteiger partial charge in [0.05, 0.1) is 16.5 Å². The standard InChI is InChI=1S/C10H17NOS/c1-3-4-8(2)5-9(12)10-6-11-7-13-10/h6-9,12H,3-5H2,1-2H3. The molecule has 0 aliphatic carbocycles. The van der Waals surface area contributed by atoms with E-state index in [0.29, 0.717) is 5.92 Å². The Bertz CT molecular complexity index is 223. The van der Waals surface area contributed by atoms with Crippen LogP contribution in [0.3, 0.4) is 0 Å². The van der Waals surface area contributed by atoms with Gasteiger partial charge in [-0.25, -0.2) is 0 Å². The Morgan fingerprint density at radius 1 is 1.62 bits per heavy atom. The zero-order valence-electron chi connectivity index (χ0n) is 8.23. The van der Waals surface area contributed by atoms with Gasteiger partial charge < -0.3 is 5.11 Å². The number of aromatic nitrogens is 1. The maximum Gasteiger partial charge on any atom is 0.0900 e. The lowest BCUT2D eigenvalue weighted by Crippen LogP contribution is -2.02. The molecule has 1 N–H and O–H groups in total. The molecular weight excluding hydrogens is 182 g/mol. The first-order valence-corrected chi connectivity index (χ1v) is 5.68. The van der Waals surface area contributed by atoms with Crippen LogP contribution in [0.5, 0.6) is 0 Å². The van der Waals surface area contributed by atoms with Gasteiger partial charge in [-0.2, -0.15) is 0 Å². The van der Waals surface area contributed by atoms with Crippen LogP contribution < -0.4 is 0 Å². The normalized spacial score (nSPS) is 15.6. The molecule has 1 aromatic heterocycles. The predicted molar refractivity (Wildman–Crippen MR) is 55.8 cm³/mol. The van der Waals surface area contributed by atoms with E-state index in [9.17, 15) is 5.11 Å². The van der Waals surface area contributed by atoms with Crippen molar-refractivity contribution in [1.82, 2.24) is 4.98 Å². The summed E-state index contributed by atoms with van der Waals surface area (Å²) in [6.07, 6.45) is 4.69. The van der Waals surface area contributed by atoms with Crippen LogP contribution >= 0.6 is 11.3 Å². The van der Waals surface area contributed by atoms with Crippen molar-refractivity contribution in [3.05, 3.63) is 16.6 Å². The van der Waals surface area contributed by atoms with Gasteiger partial charge in [0, 0.05) is 6.20 Å². The molecule has 74 valence electrons. The summed E-state index contributed by atoms with van der Waals surface area (Å²) in [6, 6.07) is 0. The van der Waals surface area contributed by atoms with Gasteiger partial charge in [0.15, 0.2) is 0 Å². The average Bonchev–Trinajstić information content (AvgIpc) is 2.55. The van der Waals surface area contributed by atoms with Crippen LogP contribution in [0.25, 0.3) is 0 Å². The lowest BCUT2D eigenvalue weighted by molar-refractivity contribution is 0.148. The molecule has 0 amide bonds. The zero-order valence-corrected chi connectivity index (χ0v) is 9.05. The highest BCUT2D eigenvalue weighted by Crippen LogP contribution is 2.25. The van der Waals surface area contributed by atoms with E-state index in [1.54, 1.807) is 11.7 Å². The molecule has 0 saturated heterocycles. The summed E-state index contributed by atoms with van der Waals surface area (Å²) in [4.78, 5) is 4.94. The highest BCUT2D eigenvalue weighted by atomic mass is 32.1. The lowest BCUT2D eigenvalue weighted by atomic mass is 9.98. The molecule has 1 aromatic rings. The van der Waals surface area contributed by atoms with Crippen LogP contribution in [-0.2, 0) is 0 Å².